The van der Waals surface area contributed by atoms with Crippen LogP contribution in [0.1, 0.15) is 5.56 Å². The summed E-state index contributed by atoms with van der Waals surface area (Å²) in [6, 6.07) is 17.2. The Labute approximate surface area is 162 Å². The van der Waals surface area contributed by atoms with Crippen LogP contribution >= 0.6 is 23.1 Å². The highest BCUT2D eigenvalue weighted by Gasteiger charge is 2.39. The van der Waals surface area contributed by atoms with Gasteiger partial charge in [-0.05, 0) is 12.1 Å². The monoisotopic (exact) mass is 397 g/mol. The molecule has 1 aliphatic rings. The lowest BCUT2D eigenvalue weighted by Crippen LogP contribution is -2.30. The van der Waals surface area contributed by atoms with Crippen LogP contribution in [-0.2, 0) is 15.3 Å². The van der Waals surface area contributed by atoms with Crippen molar-refractivity contribution in [3.8, 4) is 0 Å². The average molecular weight is 397 g/mol. The van der Waals surface area contributed by atoms with Crippen molar-refractivity contribution in [3.63, 3.8) is 0 Å². The van der Waals surface area contributed by atoms with Crippen LogP contribution in [0.5, 0.6) is 0 Å². The first-order valence-electron chi connectivity index (χ1n) is 8.50. The fourth-order valence-electron chi connectivity index (χ4n) is 3.13. The van der Waals surface area contributed by atoms with E-state index in [1.165, 1.54) is 27.6 Å². The van der Waals surface area contributed by atoms with Crippen LogP contribution in [0.2, 0.25) is 0 Å². The summed E-state index contributed by atoms with van der Waals surface area (Å²) < 4.78 is 14.0. The van der Waals surface area contributed by atoms with Gasteiger partial charge in [-0.15, -0.1) is 5.10 Å². The van der Waals surface area contributed by atoms with Crippen molar-refractivity contribution in [1.82, 2.24) is 14.6 Å². The molecule has 4 aromatic rings. The molecular formula is C19H15N3O3S2. The summed E-state index contributed by atoms with van der Waals surface area (Å²) in [7, 11) is 0. The highest BCUT2D eigenvalue weighted by molar-refractivity contribution is 8.01. The van der Waals surface area contributed by atoms with Gasteiger partial charge in [0.25, 0.3) is 5.56 Å². The predicted molar refractivity (Wildman–Crippen MR) is 105 cm³/mol. The Bertz CT molecular complexity index is 1170. The van der Waals surface area contributed by atoms with Crippen molar-refractivity contribution in [2.45, 2.75) is 10.1 Å². The predicted octanol–water partition coefficient (Wildman–Crippen LogP) is 3.30. The fraction of sp³-hybridized carbons (Fsp3) is 0.211. The topological polar surface area (TPSA) is 65.7 Å². The number of nitrogens with zero attached hydrogens (tertiary/aromatic N) is 3. The molecule has 0 aliphatic carbocycles. The smallest absolute Gasteiger partial charge is 0.283 e. The van der Waals surface area contributed by atoms with Crippen LogP contribution in [0, 0.1) is 0 Å². The van der Waals surface area contributed by atoms with E-state index in [0.29, 0.717) is 34.8 Å². The van der Waals surface area contributed by atoms with Crippen molar-refractivity contribution in [2.75, 3.05) is 19.0 Å². The standard InChI is InChI=1S/C19H15N3O3S2/c23-16-14-8-4-5-9-15(14)20-17-22(16)21-18(27-17)26-12-19(24-10-11-25-19)13-6-2-1-3-7-13/h1-9H,10-12H2. The lowest BCUT2D eigenvalue weighted by Gasteiger charge is -2.26. The molecule has 0 bridgehead atoms. The summed E-state index contributed by atoms with van der Waals surface area (Å²) in [4.78, 5) is 17.8. The average Bonchev–Trinajstić information content (AvgIpc) is 3.35. The number of rotatable bonds is 4. The molecule has 0 amide bonds. The third-order valence-electron chi connectivity index (χ3n) is 4.44. The number of hydrogen-bond donors (Lipinski definition) is 0. The second-order valence-electron chi connectivity index (χ2n) is 6.10. The third-order valence-corrected chi connectivity index (χ3v) is 6.60. The Balaban J connectivity index is 1.48. The van der Waals surface area contributed by atoms with Gasteiger partial charge in [-0.2, -0.15) is 4.52 Å². The van der Waals surface area contributed by atoms with Gasteiger partial charge in [0.2, 0.25) is 10.7 Å². The van der Waals surface area contributed by atoms with Crippen LogP contribution in [-0.4, -0.2) is 33.6 Å². The van der Waals surface area contributed by atoms with Gasteiger partial charge in [-0.1, -0.05) is 65.6 Å². The SMILES string of the molecule is O=c1c2ccccc2nc2sc(SCC3(c4ccccc4)OCCO3)nn12. The maximum absolute atomic E-state index is 12.7. The van der Waals surface area contributed by atoms with E-state index in [9.17, 15) is 4.79 Å². The molecule has 0 N–H and O–H groups in total. The molecule has 0 saturated carbocycles. The minimum Gasteiger partial charge on any atom is -0.343 e. The summed E-state index contributed by atoms with van der Waals surface area (Å²) in [5.41, 5.74) is 1.52. The van der Waals surface area contributed by atoms with Crippen molar-refractivity contribution in [2.24, 2.45) is 0 Å². The van der Waals surface area contributed by atoms with E-state index in [1.54, 1.807) is 6.07 Å². The van der Waals surface area contributed by atoms with E-state index in [-0.39, 0.29) is 5.56 Å². The Morgan fingerprint density at radius 3 is 2.63 bits per heavy atom. The normalized spacial score (nSPS) is 16.3. The number of thioether (sulfide) groups is 1. The van der Waals surface area contributed by atoms with Crippen LogP contribution in [0.25, 0.3) is 15.9 Å². The molecule has 1 aliphatic heterocycles. The van der Waals surface area contributed by atoms with Gasteiger partial charge in [0, 0.05) is 5.56 Å². The number of ether oxygens (including phenoxy) is 2. The lowest BCUT2D eigenvalue weighted by atomic mass is 10.1. The molecule has 1 saturated heterocycles. The molecule has 2 aromatic carbocycles. The lowest BCUT2D eigenvalue weighted by molar-refractivity contribution is -0.145. The first kappa shape index (κ1) is 16.9. The highest BCUT2D eigenvalue weighted by Crippen LogP contribution is 2.37. The van der Waals surface area contributed by atoms with Crippen LogP contribution < -0.4 is 5.56 Å². The zero-order valence-electron chi connectivity index (χ0n) is 14.2. The summed E-state index contributed by atoms with van der Waals surface area (Å²) >= 11 is 2.91. The largest absolute Gasteiger partial charge is 0.343 e. The minimum atomic E-state index is -0.785. The maximum atomic E-state index is 12.7. The highest BCUT2D eigenvalue weighted by atomic mass is 32.2. The molecule has 3 heterocycles. The molecule has 2 aromatic heterocycles. The van der Waals surface area contributed by atoms with Gasteiger partial charge < -0.3 is 9.47 Å². The Hall–Kier alpha value is -2.26. The van der Waals surface area contributed by atoms with E-state index >= 15 is 0 Å². The summed E-state index contributed by atoms with van der Waals surface area (Å²) in [6.45, 7) is 1.11. The minimum absolute atomic E-state index is 0.148. The number of fused-ring (bicyclic) bond motifs is 2. The van der Waals surface area contributed by atoms with Crippen LogP contribution in [0.15, 0.2) is 63.7 Å². The zero-order valence-corrected chi connectivity index (χ0v) is 15.8. The molecule has 5 rings (SSSR count). The molecule has 0 spiro atoms. The number of benzene rings is 2. The molecule has 27 heavy (non-hydrogen) atoms. The van der Waals surface area contributed by atoms with E-state index in [4.69, 9.17) is 9.47 Å². The van der Waals surface area contributed by atoms with Gasteiger partial charge in [0.1, 0.15) is 0 Å². The second kappa shape index (κ2) is 6.72. The van der Waals surface area contributed by atoms with Gasteiger partial charge in [0.15, 0.2) is 4.34 Å². The quantitative estimate of drug-likeness (QED) is 0.492. The molecule has 6 nitrogen and oxygen atoms in total. The van der Waals surface area contributed by atoms with Gasteiger partial charge in [-0.3, -0.25) is 4.79 Å². The van der Waals surface area contributed by atoms with Crippen molar-refractivity contribution in [1.29, 1.82) is 0 Å². The molecule has 1 fully saturated rings. The van der Waals surface area contributed by atoms with Gasteiger partial charge in [-0.25, -0.2) is 4.98 Å². The molecule has 8 heteroatoms. The van der Waals surface area contributed by atoms with Gasteiger partial charge in [0.05, 0.1) is 29.9 Å². The number of aromatic nitrogens is 3. The van der Waals surface area contributed by atoms with Crippen molar-refractivity contribution < 1.29 is 9.47 Å². The first-order chi connectivity index (χ1) is 13.3. The van der Waals surface area contributed by atoms with Crippen LogP contribution in [0.4, 0.5) is 0 Å². The Morgan fingerprint density at radius 1 is 1.07 bits per heavy atom. The number of hydrogen-bond acceptors (Lipinski definition) is 7. The molecule has 0 atom stereocenters. The van der Waals surface area contributed by atoms with E-state index in [1.807, 2.05) is 48.5 Å². The molecule has 136 valence electrons. The van der Waals surface area contributed by atoms with E-state index < -0.39 is 5.79 Å². The van der Waals surface area contributed by atoms with Crippen LogP contribution in [0.3, 0.4) is 0 Å². The van der Waals surface area contributed by atoms with Crippen molar-refractivity contribution >= 4 is 39.0 Å². The maximum Gasteiger partial charge on any atom is 0.283 e. The molecular weight excluding hydrogens is 382 g/mol. The number of para-hydroxylation sites is 1. The second-order valence-corrected chi connectivity index (χ2v) is 8.28. The van der Waals surface area contributed by atoms with E-state index in [2.05, 4.69) is 10.1 Å². The Morgan fingerprint density at radius 2 is 1.81 bits per heavy atom. The third kappa shape index (κ3) is 2.94. The Kier molecular flexibility index (Phi) is 4.20. The fourth-order valence-corrected chi connectivity index (χ4v) is 5.19. The first-order valence-corrected chi connectivity index (χ1v) is 10.3. The molecule has 0 radical (unpaired) electrons. The van der Waals surface area contributed by atoms with Gasteiger partial charge >= 0.3 is 0 Å². The van der Waals surface area contributed by atoms with Crippen molar-refractivity contribution in [3.05, 3.63) is 70.5 Å². The van der Waals surface area contributed by atoms with E-state index in [0.717, 1.165) is 9.90 Å². The summed E-state index contributed by atoms with van der Waals surface area (Å²) in [5.74, 6) is -0.238. The summed E-state index contributed by atoms with van der Waals surface area (Å²) in [6.07, 6.45) is 0. The zero-order chi connectivity index (χ0) is 18.3. The molecule has 0 unspecified atom stereocenters. The summed E-state index contributed by atoms with van der Waals surface area (Å²) in [5, 5.41) is 5.03.